The third-order valence-corrected chi connectivity index (χ3v) is 3.33. The molecule has 0 amide bonds. The second kappa shape index (κ2) is 5.44. The maximum absolute atomic E-state index is 4.51. The van der Waals surface area contributed by atoms with Crippen molar-refractivity contribution in [3.05, 3.63) is 29.6 Å². The average Bonchev–Trinajstić information content (AvgIpc) is 3.08. The molecule has 2 heteroatoms. The highest BCUT2D eigenvalue weighted by atomic mass is 14.9. The molecule has 0 aromatic carbocycles. The molecule has 0 aliphatic heterocycles. The van der Waals surface area contributed by atoms with Crippen LogP contribution in [0.2, 0.25) is 0 Å². The number of aromatic nitrogens is 1. The Kier molecular flexibility index (Phi) is 3.94. The van der Waals surface area contributed by atoms with Crippen LogP contribution in [0.1, 0.15) is 44.0 Å². The lowest BCUT2D eigenvalue weighted by molar-refractivity contribution is 0.442. The van der Waals surface area contributed by atoms with E-state index in [0.29, 0.717) is 6.04 Å². The van der Waals surface area contributed by atoms with E-state index in [9.17, 15) is 0 Å². The van der Waals surface area contributed by atoms with Crippen LogP contribution >= 0.6 is 0 Å². The van der Waals surface area contributed by atoms with E-state index in [1.807, 2.05) is 13.0 Å². The minimum absolute atomic E-state index is 0.676. The number of pyridine rings is 1. The molecule has 88 valence electrons. The molecule has 1 atom stereocenters. The van der Waals surface area contributed by atoms with Gasteiger partial charge >= 0.3 is 0 Å². The van der Waals surface area contributed by atoms with Crippen molar-refractivity contribution in [3.8, 4) is 0 Å². The number of rotatable bonds is 6. The van der Waals surface area contributed by atoms with E-state index in [1.54, 1.807) is 0 Å². The van der Waals surface area contributed by atoms with Gasteiger partial charge in [-0.25, -0.2) is 0 Å². The highest BCUT2D eigenvalue weighted by molar-refractivity contribution is 5.09. The SMILES string of the molecule is CCC(CC1CC1)NCc1cccc(C)n1. The lowest BCUT2D eigenvalue weighted by atomic mass is 10.1. The summed E-state index contributed by atoms with van der Waals surface area (Å²) in [7, 11) is 0. The lowest BCUT2D eigenvalue weighted by Crippen LogP contribution is -2.28. The van der Waals surface area contributed by atoms with E-state index in [-0.39, 0.29) is 0 Å². The molecule has 0 radical (unpaired) electrons. The molecule has 1 saturated carbocycles. The van der Waals surface area contributed by atoms with Crippen molar-refractivity contribution < 1.29 is 0 Å². The van der Waals surface area contributed by atoms with Gasteiger partial charge in [-0.2, -0.15) is 0 Å². The molecule has 0 bridgehead atoms. The first-order chi connectivity index (χ1) is 7.78. The summed E-state index contributed by atoms with van der Waals surface area (Å²) < 4.78 is 0. The summed E-state index contributed by atoms with van der Waals surface area (Å²) in [5, 5.41) is 3.62. The van der Waals surface area contributed by atoms with Crippen molar-refractivity contribution in [3.63, 3.8) is 0 Å². The summed E-state index contributed by atoms with van der Waals surface area (Å²) in [6, 6.07) is 6.91. The maximum atomic E-state index is 4.51. The normalized spacial score (nSPS) is 17.4. The van der Waals surface area contributed by atoms with Crippen LogP contribution < -0.4 is 5.32 Å². The van der Waals surface area contributed by atoms with Crippen molar-refractivity contribution in [2.24, 2.45) is 5.92 Å². The molecular weight excluding hydrogens is 196 g/mol. The van der Waals surface area contributed by atoms with E-state index >= 15 is 0 Å². The van der Waals surface area contributed by atoms with Gasteiger partial charge in [-0.1, -0.05) is 25.8 Å². The Morgan fingerprint density at radius 1 is 1.44 bits per heavy atom. The molecule has 1 aliphatic rings. The first-order valence-corrected chi connectivity index (χ1v) is 6.44. The second-order valence-electron chi connectivity index (χ2n) is 4.94. The molecule has 1 heterocycles. The largest absolute Gasteiger partial charge is 0.308 e. The van der Waals surface area contributed by atoms with Gasteiger partial charge in [0.15, 0.2) is 0 Å². The predicted octanol–water partition coefficient (Wildman–Crippen LogP) is 3.06. The van der Waals surface area contributed by atoms with E-state index in [0.717, 1.165) is 23.9 Å². The van der Waals surface area contributed by atoms with Crippen LogP contribution in [0.15, 0.2) is 18.2 Å². The fourth-order valence-electron chi connectivity index (χ4n) is 2.10. The molecular formula is C14H22N2. The van der Waals surface area contributed by atoms with Crippen LogP contribution in [-0.2, 0) is 6.54 Å². The molecule has 1 aromatic rings. The zero-order valence-corrected chi connectivity index (χ0v) is 10.4. The number of nitrogens with one attached hydrogen (secondary N) is 1. The second-order valence-corrected chi connectivity index (χ2v) is 4.94. The van der Waals surface area contributed by atoms with E-state index in [1.165, 1.54) is 25.7 Å². The molecule has 1 aliphatic carbocycles. The van der Waals surface area contributed by atoms with Gasteiger partial charge in [0.05, 0.1) is 5.69 Å². The maximum Gasteiger partial charge on any atom is 0.0544 e. The minimum Gasteiger partial charge on any atom is -0.308 e. The quantitative estimate of drug-likeness (QED) is 0.793. The minimum atomic E-state index is 0.676. The average molecular weight is 218 g/mol. The Hall–Kier alpha value is -0.890. The summed E-state index contributed by atoms with van der Waals surface area (Å²) in [6.45, 7) is 5.22. The van der Waals surface area contributed by atoms with Crippen LogP contribution in [-0.4, -0.2) is 11.0 Å². The Labute approximate surface area is 98.5 Å². The molecule has 1 N–H and O–H groups in total. The highest BCUT2D eigenvalue weighted by Crippen LogP contribution is 2.34. The van der Waals surface area contributed by atoms with Gasteiger partial charge in [0.1, 0.15) is 0 Å². The lowest BCUT2D eigenvalue weighted by Gasteiger charge is -2.16. The Morgan fingerprint density at radius 3 is 2.88 bits per heavy atom. The molecule has 2 nitrogen and oxygen atoms in total. The summed E-state index contributed by atoms with van der Waals surface area (Å²) in [5.41, 5.74) is 2.27. The van der Waals surface area contributed by atoms with Gasteiger partial charge in [-0.15, -0.1) is 0 Å². The van der Waals surface area contributed by atoms with Gasteiger partial charge in [0, 0.05) is 18.3 Å². The number of aryl methyl sites for hydroxylation is 1. The number of nitrogens with zero attached hydrogens (tertiary/aromatic N) is 1. The molecule has 0 saturated heterocycles. The third kappa shape index (κ3) is 3.60. The molecule has 1 aromatic heterocycles. The van der Waals surface area contributed by atoms with Crippen molar-refractivity contribution in [2.75, 3.05) is 0 Å². The Bertz CT molecular complexity index is 331. The Morgan fingerprint density at radius 2 is 2.25 bits per heavy atom. The molecule has 1 fully saturated rings. The molecule has 16 heavy (non-hydrogen) atoms. The fourth-order valence-corrected chi connectivity index (χ4v) is 2.10. The van der Waals surface area contributed by atoms with Gasteiger partial charge < -0.3 is 5.32 Å². The van der Waals surface area contributed by atoms with Gasteiger partial charge in [0.2, 0.25) is 0 Å². The van der Waals surface area contributed by atoms with Crippen LogP contribution in [0.25, 0.3) is 0 Å². The topological polar surface area (TPSA) is 24.9 Å². The Balaban J connectivity index is 1.80. The van der Waals surface area contributed by atoms with Crippen LogP contribution in [0.4, 0.5) is 0 Å². The van der Waals surface area contributed by atoms with E-state index < -0.39 is 0 Å². The first-order valence-electron chi connectivity index (χ1n) is 6.44. The first kappa shape index (κ1) is 11.6. The standard InChI is InChI=1S/C14H22N2/c1-3-13(9-12-7-8-12)15-10-14-6-4-5-11(2)16-14/h4-6,12-13,15H,3,7-10H2,1-2H3. The fraction of sp³-hybridized carbons (Fsp3) is 0.643. The summed E-state index contributed by atoms with van der Waals surface area (Å²) >= 11 is 0. The molecule has 0 spiro atoms. The van der Waals surface area contributed by atoms with Crippen molar-refractivity contribution in [1.82, 2.24) is 10.3 Å². The van der Waals surface area contributed by atoms with Gasteiger partial charge in [0.25, 0.3) is 0 Å². The van der Waals surface area contributed by atoms with Gasteiger partial charge in [-0.05, 0) is 37.8 Å². The van der Waals surface area contributed by atoms with Crippen molar-refractivity contribution >= 4 is 0 Å². The van der Waals surface area contributed by atoms with Crippen LogP contribution in [0, 0.1) is 12.8 Å². The molecule has 2 rings (SSSR count). The third-order valence-electron chi connectivity index (χ3n) is 3.33. The van der Waals surface area contributed by atoms with E-state index in [2.05, 4.69) is 29.4 Å². The number of hydrogen-bond acceptors (Lipinski definition) is 2. The summed E-state index contributed by atoms with van der Waals surface area (Å²) in [6.07, 6.45) is 5.46. The van der Waals surface area contributed by atoms with Crippen LogP contribution in [0.3, 0.4) is 0 Å². The van der Waals surface area contributed by atoms with Crippen molar-refractivity contribution in [1.29, 1.82) is 0 Å². The summed E-state index contributed by atoms with van der Waals surface area (Å²) in [5.74, 6) is 1.00. The van der Waals surface area contributed by atoms with E-state index in [4.69, 9.17) is 0 Å². The van der Waals surface area contributed by atoms with Crippen LogP contribution in [0.5, 0.6) is 0 Å². The summed E-state index contributed by atoms with van der Waals surface area (Å²) in [4.78, 5) is 4.51. The molecule has 1 unspecified atom stereocenters. The predicted molar refractivity (Wildman–Crippen MR) is 67.2 cm³/mol. The zero-order valence-electron chi connectivity index (χ0n) is 10.4. The smallest absolute Gasteiger partial charge is 0.0544 e. The monoisotopic (exact) mass is 218 g/mol. The van der Waals surface area contributed by atoms with Crippen molar-refractivity contribution in [2.45, 2.75) is 52.1 Å². The zero-order chi connectivity index (χ0) is 11.4. The van der Waals surface area contributed by atoms with Gasteiger partial charge in [-0.3, -0.25) is 4.98 Å². The highest BCUT2D eigenvalue weighted by Gasteiger charge is 2.24. The number of hydrogen-bond donors (Lipinski definition) is 1.